The van der Waals surface area contributed by atoms with Crippen molar-refractivity contribution in [1.29, 1.82) is 0 Å². The molecule has 0 aliphatic rings. The Morgan fingerprint density at radius 1 is 1.33 bits per heavy atom. The standard InChI is InChI=1S/C6H14O2Si/c1-4-5(9)6(7-2)8-3/h4H2,1-3,9H3. The van der Waals surface area contributed by atoms with Crippen LogP contribution in [0.15, 0.2) is 11.1 Å². The lowest BCUT2D eigenvalue weighted by atomic mass is 10.4. The van der Waals surface area contributed by atoms with Gasteiger partial charge in [0, 0.05) is 10.2 Å². The molecule has 0 spiro atoms. The second-order valence-corrected chi connectivity index (χ2v) is 3.04. The molecule has 0 heterocycles. The van der Waals surface area contributed by atoms with Gasteiger partial charge in [-0.1, -0.05) is 6.92 Å². The monoisotopic (exact) mass is 146 g/mol. The van der Waals surface area contributed by atoms with Gasteiger partial charge >= 0.3 is 0 Å². The maximum Gasteiger partial charge on any atom is 0.272 e. The molecule has 0 aliphatic heterocycles. The van der Waals surface area contributed by atoms with Crippen molar-refractivity contribution in [2.75, 3.05) is 14.2 Å². The number of methoxy groups -OCH3 is 2. The first-order valence-electron chi connectivity index (χ1n) is 3.04. The van der Waals surface area contributed by atoms with Crippen molar-refractivity contribution < 1.29 is 9.47 Å². The van der Waals surface area contributed by atoms with E-state index in [0.717, 1.165) is 16.7 Å². The van der Waals surface area contributed by atoms with Gasteiger partial charge in [0.2, 0.25) is 0 Å². The molecule has 0 N–H and O–H groups in total. The lowest BCUT2D eigenvalue weighted by molar-refractivity contribution is 0.0925. The van der Waals surface area contributed by atoms with Crippen molar-refractivity contribution in [3.8, 4) is 0 Å². The van der Waals surface area contributed by atoms with Gasteiger partial charge in [0.15, 0.2) is 0 Å². The molecule has 9 heavy (non-hydrogen) atoms. The van der Waals surface area contributed by atoms with Crippen molar-refractivity contribution in [3.63, 3.8) is 0 Å². The van der Waals surface area contributed by atoms with Gasteiger partial charge in [0.05, 0.1) is 14.2 Å². The number of rotatable bonds is 3. The summed E-state index contributed by atoms with van der Waals surface area (Å²) < 4.78 is 9.89. The van der Waals surface area contributed by atoms with Crippen molar-refractivity contribution in [2.45, 2.75) is 13.3 Å². The van der Waals surface area contributed by atoms with E-state index in [1.54, 1.807) is 14.2 Å². The minimum absolute atomic E-state index is 0.698. The second kappa shape index (κ2) is 4.44. The molecule has 0 amide bonds. The Hall–Kier alpha value is -0.443. The third-order valence-electron chi connectivity index (χ3n) is 1.25. The molecule has 54 valence electrons. The maximum absolute atomic E-state index is 4.94. The largest absolute Gasteiger partial charge is 0.469 e. The Kier molecular flexibility index (Phi) is 4.22. The molecule has 0 saturated carbocycles. The van der Waals surface area contributed by atoms with Gasteiger partial charge < -0.3 is 9.47 Å². The summed E-state index contributed by atoms with van der Waals surface area (Å²) in [5.74, 6) is 0.698. The molecule has 0 aromatic rings. The number of hydrogen-bond acceptors (Lipinski definition) is 2. The van der Waals surface area contributed by atoms with Crippen molar-refractivity contribution in [1.82, 2.24) is 0 Å². The fourth-order valence-corrected chi connectivity index (χ4v) is 0.984. The first kappa shape index (κ1) is 8.56. The van der Waals surface area contributed by atoms with E-state index in [0.29, 0.717) is 5.95 Å². The molecular weight excluding hydrogens is 132 g/mol. The topological polar surface area (TPSA) is 18.5 Å². The number of hydrogen-bond donors (Lipinski definition) is 0. The number of allylic oxidation sites excluding steroid dienone is 1. The quantitative estimate of drug-likeness (QED) is 0.419. The van der Waals surface area contributed by atoms with Gasteiger partial charge in [-0.25, -0.2) is 0 Å². The summed E-state index contributed by atoms with van der Waals surface area (Å²) in [4.78, 5) is 0. The van der Waals surface area contributed by atoms with Gasteiger partial charge in [-0.2, -0.15) is 0 Å². The fraction of sp³-hybridized carbons (Fsp3) is 0.667. The molecule has 0 aromatic carbocycles. The van der Waals surface area contributed by atoms with Gasteiger partial charge in [-0.05, 0) is 11.6 Å². The third kappa shape index (κ3) is 2.55. The minimum Gasteiger partial charge on any atom is -0.469 e. The van der Waals surface area contributed by atoms with Crippen LogP contribution in [0.5, 0.6) is 0 Å². The molecule has 0 fully saturated rings. The van der Waals surface area contributed by atoms with Crippen molar-refractivity contribution in [2.24, 2.45) is 0 Å². The Balaban J connectivity index is 4.01. The molecule has 0 bridgehead atoms. The summed E-state index contributed by atoms with van der Waals surface area (Å²) >= 11 is 0. The molecule has 0 atom stereocenters. The van der Waals surface area contributed by atoms with E-state index in [9.17, 15) is 0 Å². The van der Waals surface area contributed by atoms with Gasteiger partial charge in [-0.15, -0.1) is 0 Å². The second-order valence-electron chi connectivity index (χ2n) is 1.83. The highest BCUT2D eigenvalue weighted by Crippen LogP contribution is 2.04. The molecular formula is C6H14O2Si. The molecule has 0 saturated heterocycles. The lowest BCUT2D eigenvalue weighted by Gasteiger charge is -2.06. The lowest BCUT2D eigenvalue weighted by Crippen LogP contribution is -1.95. The summed E-state index contributed by atoms with van der Waals surface area (Å²) in [6.07, 6.45) is 1.03. The maximum atomic E-state index is 4.94. The van der Waals surface area contributed by atoms with E-state index in [1.807, 2.05) is 0 Å². The number of ether oxygens (including phenoxy) is 2. The summed E-state index contributed by atoms with van der Waals surface area (Å²) in [7, 11) is 4.28. The highest BCUT2D eigenvalue weighted by atomic mass is 28.1. The van der Waals surface area contributed by atoms with Crippen LogP contribution in [-0.2, 0) is 9.47 Å². The van der Waals surface area contributed by atoms with E-state index >= 15 is 0 Å². The Morgan fingerprint density at radius 2 is 1.78 bits per heavy atom. The smallest absolute Gasteiger partial charge is 0.272 e. The first-order valence-corrected chi connectivity index (χ1v) is 4.04. The predicted molar refractivity (Wildman–Crippen MR) is 41.3 cm³/mol. The van der Waals surface area contributed by atoms with Crippen LogP contribution in [0.2, 0.25) is 0 Å². The SMILES string of the molecule is CCC([SiH3])=C(OC)OC. The van der Waals surface area contributed by atoms with Crippen LogP contribution >= 0.6 is 0 Å². The zero-order valence-corrected chi connectivity index (χ0v) is 8.52. The molecule has 0 radical (unpaired) electrons. The molecule has 0 unspecified atom stereocenters. The van der Waals surface area contributed by atoms with E-state index in [4.69, 9.17) is 9.47 Å². The van der Waals surface area contributed by atoms with Crippen LogP contribution in [0.3, 0.4) is 0 Å². The summed E-state index contributed by atoms with van der Waals surface area (Å²) in [5, 5.41) is 1.28. The van der Waals surface area contributed by atoms with Gasteiger partial charge in [-0.3, -0.25) is 0 Å². The fourth-order valence-electron chi connectivity index (χ4n) is 0.576. The molecule has 0 rings (SSSR count). The van der Waals surface area contributed by atoms with Crippen LogP contribution in [-0.4, -0.2) is 24.5 Å². The van der Waals surface area contributed by atoms with Crippen LogP contribution in [0.4, 0.5) is 0 Å². The van der Waals surface area contributed by atoms with Gasteiger partial charge in [0.25, 0.3) is 5.95 Å². The average Bonchev–Trinajstić information content (AvgIpc) is 1.90. The highest BCUT2D eigenvalue weighted by molar-refractivity contribution is 6.21. The van der Waals surface area contributed by atoms with E-state index in [2.05, 4.69) is 6.92 Å². The van der Waals surface area contributed by atoms with Crippen LogP contribution in [0.25, 0.3) is 0 Å². The van der Waals surface area contributed by atoms with Crippen molar-refractivity contribution >= 4 is 10.2 Å². The van der Waals surface area contributed by atoms with Crippen LogP contribution in [0.1, 0.15) is 13.3 Å². The third-order valence-corrected chi connectivity index (χ3v) is 2.36. The minimum atomic E-state index is 0.698. The van der Waals surface area contributed by atoms with E-state index in [1.165, 1.54) is 5.20 Å². The zero-order valence-electron chi connectivity index (χ0n) is 6.52. The van der Waals surface area contributed by atoms with Crippen molar-refractivity contribution in [3.05, 3.63) is 11.1 Å². The highest BCUT2D eigenvalue weighted by Gasteiger charge is 1.97. The normalized spacial score (nSPS) is 8.78. The predicted octanol–water partition coefficient (Wildman–Crippen LogP) is 0.224. The summed E-state index contributed by atoms with van der Waals surface area (Å²) in [6.45, 7) is 2.10. The van der Waals surface area contributed by atoms with Gasteiger partial charge in [0.1, 0.15) is 0 Å². The van der Waals surface area contributed by atoms with Crippen LogP contribution in [0, 0.1) is 0 Å². The summed E-state index contributed by atoms with van der Waals surface area (Å²) in [6, 6.07) is 0. The Labute approximate surface area is 59.3 Å². The molecule has 0 aliphatic carbocycles. The Morgan fingerprint density at radius 3 is 1.89 bits per heavy atom. The first-order chi connectivity index (χ1) is 4.26. The Bertz CT molecular complexity index is 104. The molecule has 2 nitrogen and oxygen atoms in total. The van der Waals surface area contributed by atoms with E-state index in [-0.39, 0.29) is 0 Å². The zero-order chi connectivity index (χ0) is 7.28. The molecule has 3 heteroatoms. The molecule has 0 aromatic heterocycles. The summed E-state index contributed by atoms with van der Waals surface area (Å²) in [5.41, 5.74) is 0. The van der Waals surface area contributed by atoms with Crippen LogP contribution < -0.4 is 0 Å². The van der Waals surface area contributed by atoms with E-state index < -0.39 is 0 Å². The average molecular weight is 146 g/mol.